The molecule has 0 bridgehead atoms. The number of benzene rings is 1. The van der Waals surface area contributed by atoms with Gasteiger partial charge in [0.15, 0.2) is 6.29 Å². The van der Waals surface area contributed by atoms with Gasteiger partial charge in [-0.05, 0) is 45.7 Å². The maximum Gasteiger partial charge on any atom is 0.498 e. The molecule has 0 unspecified atom stereocenters. The molecule has 0 amide bonds. The standard InChI is InChI=1S/C17H23BO6/c1-16(2)17(3,4)24-18(23-16)13-9-11(6-7-14(20)22-5)8-12(10-19)15(13)21/h8-10,21H,6-7H2,1-5H3. The van der Waals surface area contributed by atoms with Gasteiger partial charge in [-0.3, -0.25) is 9.59 Å². The third-order valence-corrected chi connectivity index (χ3v) is 4.71. The maximum atomic E-state index is 11.3. The van der Waals surface area contributed by atoms with Gasteiger partial charge < -0.3 is 19.2 Å². The van der Waals surface area contributed by atoms with Crippen molar-refractivity contribution in [1.82, 2.24) is 0 Å². The quantitative estimate of drug-likeness (QED) is 0.500. The van der Waals surface area contributed by atoms with Crippen LogP contribution in [0.15, 0.2) is 12.1 Å². The zero-order chi connectivity index (χ0) is 18.1. The fourth-order valence-corrected chi connectivity index (χ4v) is 2.48. The maximum absolute atomic E-state index is 11.3. The second-order valence-electron chi connectivity index (χ2n) is 6.91. The van der Waals surface area contributed by atoms with Gasteiger partial charge >= 0.3 is 13.1 Å². The molecule has 2 rings (SSSR count). The summed E-state index contributed by atoms with van der Waals surface area (Å²) in [4.78, 5) is 22.6. The number of phenols is 1. The van der Waals surface area contributed by atoms with Crippen LogP contribution in [0.4, 0.5) is 0 Å². The molecule has 7 heteroatoms. The van der Waals surface area contributed by atoms with Crippen molar-refractivity contribution in [3.8, 4) is 5.75 Å². The van der Waals surface area contributed by atoms with Crippen LogP contribution in [0.1, 0.15) is 50.0 Å². The van der Waals surface area contributed by atoms with Gasteiger partial charge in [-0.2, -0.15) is 0 Å². The topological polar surface area (TPSA) is 82.1 Å². The summed E-state index contributed by atoms with van der Waals surface area (Å²) in [6.45, 7) is 7.63. The molecule has 1 saturated heterocycles. The molecule has 1 aliphatic heterocycles. The van der Waals surface area contributed by atoms with Gasteiger partial charge in [-0.1, -0.05) is 6.07 Å². The van der Waals surface area contributed by atoms with Crippen LogP contribution in [0.3, 0.4) is 0 Å². The van der Waals surface area contributed by atoms with Gasteiger partial charge in [0.1, 0.15) is 5.75 Å². The Morgan fingerprint density at radius 2 is 1.83 bits per heavy atom. The smallest absolute Gasteiger partial charge is 0.498 e. The average Bonchev–Trinajstić information content (AvgIpc) is 2.73. The minimum absolute atomic E-state index is 0.141. The number of rotatable bonds is 5. The Bertz CT molecular complexity index is 637. The average molecular weight is 334 g/mol. The number of phenolic OH excluding ortho intramolecular Hbond substituents is 1. The molecule has 0 saturated carbocycles. The van der Waals surface area contributed by atoms with E-state index in [9.17, 15) is 14.7 Å². The minimum Gasteiger partial charge on any atom is -0.508 e. The minimum atomic E-state index is -0.785. The highest BCUT2D eigenvalue weighted by atomic mass is 16.7. The summed E-state index contributed by atoms with van der Waals surface area (Å²) in [5.41, 5.74) is 0.131. The second-order valence-corrected chi connectivity index (χ2v) is 6.91. The van der Waals surface area contributed by atoms with Crippen molar-refractivity contribution in [3.63, 3.8) is 0 Å². The number of esters is 1. The third-order valence-electron chi connectivity index (χ3n) is 4.71. The number of aromatic hydroxyl groups is 1. The van der Waals surface area contributed by atoms with Crippen molar-refractivity contribution >= 4 is 24.8 Å². The van der Waals surface area contributed by atoms with Crippen LogP contribution < -0.4 is 5.46 Å². The number of carbonyl (C=O) groups is 2. The van der Waals surface area contributed by atoms with Gasteiger partial charge in [0.25, 0.3) is 0 Å². The Kier molecular flexibility index (Phi) is 5.06. The third kappa shape index (κ3) is 3.47. The Hall–Kier alpha value is -1.86. The summed E-state index contributed by atoms with van der Waals surface area (Å²) in [5, 5.41) is 10.4. The zero-order valence-electron chi connectivity index (χ0n) is 14.7. The molecule has 1 N–H and O–H groups in total. The molecule has 0 aromatic heterocycles. The molecule has 130 valence electrons. The van der Waals surface area contributed by atoms with E-state index in [1.165, 1.54) is 7.11 Å². The van der Waals surface area contributed by atoms with Crippen LogP contribution in [0.5, 0.6) is 5.75 Å². The van der Waals surface area contributed by atoms with Gasteiger partial charge in [0.2, 0.25) is 0 Å². The van der Waals surface area contributed by atoms with Gasteiger partial charge in [0.05, 0.1) is 23.9 Å². The number of hydrogen-bond donors (Lipinski definition) is 1. The van der Waals surface area contributed by atoms with E-state index in [1.807, 2.05) is 27.7 Å². The summed E-state index contributed by atoms with van der Waals surface area (Å²) in [5.74, 6) is -0.502. The molecule has 6 nitrogen and oxygen atoms in total. The molecule has 24 heavy (non-hydrogen) atoms. The number of aryl methyl sites for hydroxylation is 1. The summed E-state index contributed by atoms with van der Waals surface area (Å²) < 4.78 is 16.5. The molecule has 1 aromatic rings. The molecule has 1 aromatic carbocycles. The molecule has 0 aliphatic carbocycles. The van der Waals surface area contributed by atoms with Crippen LogP contribution in [-0.4, -0.2) is 42.8 Å². The molecular formula is C17H23BO6. The van der Waals surface area contributed by atoms with Crippen molar-refractivity contribution in [2.75, 3.05) is 7.11 Å². The fourth-order valence-electron chi connectivity index (χ4n) is 2.48. The predicted molar refractivity (Wildman–Crippen MR) is 89.5 cm³/mol. The van der Waals surface area contributed by atoms with Crippen LogP contribution in [0.2, 0.25) is 0 Å². The first-order valence-corrected chi connectivity index (χ1v) is 7.84. The second kappa shape index (κ2) is 6.57. The number of ether oxygens (including phenoxy) is 1. The van der Waals surface area contributed by atoms with Crippen molar-refractivity contribution < 1.29 is 28.7 Å². The highest BCUT2D eigenvalue weighted by Crippen LogP contribution is 2.37. The number of carbonyl (C=O) groups excluding carboxylic acids is 2. The van der Waals surface area contributed by atoms with Gasteiger partial charge in [-0.25, -0.2) is 0 Å². The van der Waals surface area contributed by atoms with Crippen molar-refractivity contribution in [2.24, 2.45) is 0 Å². The SMILES string of the molecule is COC(=O)CCc1cc(C=O)c(O)c(B2OC(C)(C)C(C)(C)O2)c1. The molecule has 1 aliphatic rings. The van der Waals surface area contributed by atoms with Crippen LogP contribution >= 0.6 is 0 Å². The zero-order valence-corrected chi connectivity index (χ0v) is 14.7. The lowest BCUT2D eigenvalue weighted by Crippen LogP contribution is -2.41. The Morgan fingerprint density at radius 3 is 2.33 bits per heavy atom. The molecule has 1 fully saturated rings. The summed E-state index contributed by atoms with van der Waals surface area (Å²) in [6.07, 6.45) is 1.15. The molecule has 0 spiro atoms. The van der Waals surface area contributed by atoms with Gasteiger partial charge in [0, 0.05) is 11.9 Å². The number of methoxy groups -OCH3 is 1. The molecule has 0 radical (unpaired) electrons. The van der Waals surface area contributed by atoms with Crippen molar-refractivity contribution in [1.29, 1.82) is 0 Å². The van der Waals surface area contributed by atoms with E-state index in [0.29, 0.717) is 18.2 Å². The first-order valence-electron chi connectivity index (χ1n) is 7.84. The van der Waals surface area contributed by atoms with E-state index < -0.39 is 18.3 Å². The Morgan fingerprint density at radius 1 is 1.25 bits per heavy atom. The Labute approximate surface area is 142 Å². The summed E-state index contributed by atoms with van der Waals surface area (Å²) >= 11 is 0. The first kappa shape index (κ1) is 18.5. The van der Waals surface area contributed by atoms with E-state index in [0.717, 1.165) is 5.56 Å². The summed E-state index contributed by atoms with van der Waals surface area (Å²) in [7, 11) is 0.540. The van der Waals surface area contributed by atoms with E-state index in [4.69, 9.17) is 9.31 Å². The molecule has 0 atom stereocenters. The normalized spacial score (nSPS) is 18.5. The highest BCUT2D eigenvalue weighted by Gasteiger charge is 2.52. The first-order chi connectivity index (χ1) is 11.1. The lowest BCUT2D eigenvalue weighted by Gasteiger charge is -2.32. The van der Waals surface area contributed by atoms with E-state index in [-0.39, 0.29) is 23.7 Å². The lowest BCUT2D eigenvalue weighted by atomic mass is 9.76. The Balaban J connectivity index is 2.35. The van der Waals surface area contributed by atoms with Crippen molar-refractivity contribution in [2.45, 2.75) is 51.7 Å². The monoisotopic (exact) mass is 334 g/mol. The largest absolute Gasteiger partial charge is 0.508 e. The van der Waals surface area contributed by atoms with Crippen LogP contribution in [0.25, 0.3) is 0 Å². The lowest BCUT2D eigenvalue weighted by molar-refractivity contribution is -0.140. The van der Waals surface area contributed by atoms with Gasteiger partial charge in [-0.15, -0.1) is 0 Å². The van der Waals surface area contributed by atoms with Crippen LogP contribution in [0, 0.1) is 0 Å². The fraction of sp³-hybridized carbons (Fsp3) is 0.529. The predicted octanol–water partition coefficient (Wildman–Crippen LogP) is 1.61. The van der Waals surface area contributed by atoms with E-state index in [1.54, 1.807) is 12.1 Å². The van der Waals surface area contributed by atoms with E-state index >= 15 is 0 Å². The van der Waals surface area contributed by atoms with E-state index in [2.05, 4.69) is 4.74 Å². The summed E-state index contributed by atoms with van der Waals surface area (Å²) in [6, 6.07) is 3.26. The number of hydrogen-bond acceptors (Lipinski definition) is 6. The van der Waals surface area contributed by atoms with Crippen LogP contribution in [-0.2, 0) is 25.3 Å². The van der Waals surface area contributed by atoms with Crippen molar-refractivity contribution in [3.05, 3.63) is 23.3 Å². The molecular weight excluding hydrogens is 311 g/mol. The molecule has 1 heterocycles. The number of aldehydes is 1. The highest BCUT2D eigenvalue weighted by molar-refractivity contribution is 6.63.